The molecule has 0 saturated heterocycles. The van der Waals surface area contributed by atoms with Gasteiger partial charge in [-0.25, -0.2) is 4.98 Å². The first-order valence-electron chi connectivity index (χ1n) is 9.88. The molecule has 0 aliphatic carbocycles. The van der Waals surface area contributed by atoms with E-state index in [1.165, 1.54) is 12.1 Å². The summed E-state index contributed by atoms with van der Waals surface area (Å²) < 4.78 is 42.6. The van der Waals surface area contributed by atoms with Crippen molar-refractivity contribution in [2.75, 3.05) is 11.9 Å². The van der Waals surface area contributed by atoms with Gasteiger partial charge in [0.05, 0.1) is 6.20 Å². The second-order valence-corrected chi connectivity index (χ2v) is 7.36. The van der Waals surface area contributed by atoms with Gasteiger partial charge in [-0.05, 0) is 31.5 Å². The van der Waals surface area contributed by atoms with Crippen LogP contribution in [0, 0.1) is 13.8 Å². The summed E-state index contributed by atoms with van der Waals surface area (Å²) in [5, 5.41) is 4.49. The highest BCUT2D eigenvalue weighted by Gasteiger charge is 2.28. The lowest BCUT2D eigenvalue weighted by Crippen LogP contribution is -2.33. The first-order chi connectivity index (χ1) is 15.1. The van der Waals surface area contributed by atoms with Crippen LogP contribution in [-0.4, -0.2) is 29.5 Å². The second-order valence-electron chi connectivity index (χ2n) is 7.36. The summed E-state index contributed by atoms with van der Waals surface area (Å²) in [6.45, 7) is 2.28. The van der Waals surface area contributed by atoms with E-state index in [0.29, 0.717) is 22.9 Å². The lowest BCUT2D eigenvalue weighted by molar-refractivity contribution is -0.123. The van der Waals surface area contributed by atoms with E-state index in [-0.39, 0.29) is 24.3 Å². The summed E-state index contributed by atoms with van der Waals surface area (Å²) in [6, 6.07) is 12.1. The molecule has 2 amide bonds. The third-order valence-corrected chi connectivity index (χ3v) is 4.68. The van der Waals surface area contributed by atoms with Crippen LogP contribution >= 0.6 is 0 Å². The number of aryl methyl sites for hydroxylation is 3. The number of oxazole rings is 1. The van der Waals surface area contributed by atoms with Crippen LogP contribution in [0.15, 0.2) is 53.1 Å². The molecule has 0 aliphatic heterocycles. The third-order valence-electron chi connectivity index (χ3n) is 4.68. The average molecular weight is 445 g/mol. The van der Waals surface area contributed by atoms with Crippen LogP contribution in [0.3, 0.4) is 0 Å². The van der Waals surface area contributed by atoms with E-state index in [0.717, 1.165) is 11.1 Å². The van der Waals surface area contributed by atoms with Crippen molar-refractivity contribution in [3.8, 4) is 11.3 Å². The second kappa shape index (κ2) is 9.67. The molecule has 0 unspecified atom stereocenters. The normalized spacial score (nSPS) is 11.3. The predicted molar refractivity (Wildman–Crippen MR) is 113 cm³/mol. The number of carbonyl (C=O) groups is 2. The molecular formula is C23H22F3N3O3. The van der Waals surface area contributed by atoms with Crippen LogP contribution < -0.4 is 10.6 Å². The molecule has 9 heteroatoms. The summed E-state index contributed by atoms with van der Waals surface area (Å²) in [4.78, 5) is 28.5. The lowest BCUT2D eigenvalue weighted by atomic mass is 10.1. The van der Waals surface area contributed by atoms with Crippen LogP contribution in [0.1, 0.15) is 33.8 Å². The maximum Gasteiger partial charge on any atom is 0.405 e. The number of carbonyl (C=O) groups excluding carboxylic acids is 2. The highest BCUT2D eigenvalue weighted by Crippen LogP contribution is 2.22. The number of nitrogens with zero attached hydrogens (tertiary/aromatic N) is 1. The van der Waals surface area contributed by atoms with Crippen molar-refractivity contribution in [2.45, 2.75) is 32.9 Å². The maximum atomic E-state index is 12.4. The Bertz CT molecular complexity index is 1110. The fourth-order valence-corrected chi connectivity index (χ4v) is 2.89. The van der Waals surface area contributed by atoms with Crippen molar-refractivity contribution in [1.82, 2.24) is 10.3 Å². The van der Waals surface area contributed by atoms with Gasteiger partial charge in [0.2, 0.25) is 5.91 Å². The van der Waals surface area contributed by atoms with Crippen LogP contribution in [0.25, 0.3) is 11.3 Å². The standard InChI is InChI=1S/C23H22F3N3O3/c1-14-3-6-16(7-4-14)19-12-27-21(32-19)10-9-20(30)29-18-11-17(8-5-15(18)2)22(31)28-13-23(24,25)26/h3-8,11-12H,9-10,13H2,1-2H3,(H,28,31)(H,29,30). The number of halogens is 3. The van der Waals surface area contributed by atoms with Crippen LogP contribution in [-0.2, 0) is 11.2 Å². The van der Waals surface area contributed by atoms with Gasteiger partial charge in [-0.2, -0.15) is 13.2 Å². The van der Waals surface area contributed by atoms with E-state index in [4.69, 9.17) is 4.42 Å². The number of amides is 2. The SMILES string of the molecule is Cc1ccc(-c2cnc(CCC(=O)Nc3cc(C(=O)NCC(F)(F)F)ccc3C)o2)cc1. The summed E-state index contributed by atoms with van der Waals surface area (Å²) in [7, 11) is 0. The quantitative estimate of drug-likeness (QED) is 0.546. The topological polar surface area (TPSA) is 84.2 Å². The maximum absolute atomic E-state index is 12.4. The van der Waals surface area contributed by atoms with Crippen molar-refractivity contribution >= 4 is 17.5 Å². The van der Waals surface area contributed by atoms with Crippen LogP contribution in [0.2, 0.25) is 0 Å². The molecule has 0 fully saturated rings. The Morgan fingerprint density at radius 3 is 2.47 bits per heavy atom. The van der Waals surface area contributed by atoms with Crippen LogP contribution in [0.5, 0.6) is 0 Å². The van der Waals surface area contributed by atoms with Gasteiger partial charge in [-0.15, -0.1) is 0 Å². The average Bonchev–Trinajstić information content (AvgIpc) is 3.21. The zero-order valence-corrected chi connectivity index (χ0v) is 17.5. The fourth-order valence-electron chi connectivity index (χ4n) is 2.89. The molecule has 0 aliphatic rings. The van der Waals surface area contributed by atoms with Crippen LogP contribution in [0.4, 0.5) is 18.9 Å². The van der Waals surface area contributed by atoms with Gasteiger partial charge in [0.25, 0.3) is 5.91 Å². The first-order valence-corrected chi connectivity index (χ1v) is 9.88. The number of anilines is 1. The number of rotatable bonds is 7. The third kappa shape index (κ3) is 6.44. The zero-order valence-electron chi connectivity index (χ0n) is 17.5. The molecule has 2 N–H and O–H groups in total. The highest BCUT2D eigenvalue weighted by molar-refractivity contribution is 5.97. The Morgan fingerprint density at radius 2 is 1.78 bits per heavy atom. The van der Waals surface area contributed by atoms with Crippen molar-refractivity contribution in [3.05, 3.63) is 71.2 Å². The molecule has 3 rings (SSSR count). The lowest BCUT2D eigenvalue weighted by Gasteiger charge is -2.12. The first kappa shape index (κ1) is 23.1. The number of benzene rings is 2. The monoisotopic (exact) mass is 445 g/mol. The van der Waals surface area contributed by atoms with Gasteiger partial charge in [-0.3, -0.25) is 9.59 Å². The summed E-state index contributed by atoms with van der Waals surface area (Å²) in [5.74, 6) is -0.196. The number of hydrogen-bond donors (Lipinski definition) is 2. The Hall–Kier alpha value is -3.62. The van der Waals surface area contributed by atoms with Crippen molar-refractivity contribution in [1.29, 1.82) is 0 Å². The molecule has 0 bridgehead atoms. The van der Waals surface area contributed by atoms with Gasteiger partial charge in [0, 0.05) is 29.7 Å². The fraction of sp³-hybridized carbons (Fsp3) is 0.261. The number of nitrogens with one attached hydrogen (secondary N) is 2. The zero-order chi connectivity index (χ0) is 23.3. The molecular weight excluding hydrogens is 423 g/mol. The van der Waals surface area contributed by atoms with E-state index in [9.17, 15) is 22.8 Å². The number of hydrogen-bond acceptors (Lipinski definition) is 4. The largest absolute Gasteiger partial charge is 0.441 e. The Morgan fingerprint density at radius 1 is 1.06 bits per heavy atom. The van der Waals surface area contributed by atoms with Crippen molar-refractivity contribution in [2.24, 2.45) is 0 Å². The smallest absolute Gasteiger partial charge is 0.405 e. The van der Waals surface area contributed by atoms with Gasteiger partial charge in [0.1, 0.15) is 6.54 Å². The van der Waals surface area contributed by atoms with Gasteiger partial charge < -0.3 is 15.1 Å². The Labute approximate surface area is 182 Å². The molecule has 1 aromatic heterocycles. The molecule has 0 saturated carbocycles. The Balaban J connectivity index is 1.58. The molecule has 32 heavy (non-hydrogen) atoms. The summed E-state index contributed by atoms with van der Waals surface area (Å²) in [6.07, 6.45) is -2.55. The van der Waals surface area contributed by atoms with E-state index >= 15 is 0 Å². The molecule has 0 atom stereocenters. The molecule has 168 valence electrons. The minimum absolute atomic E-state index is 0.0191. The van der Waals surface area contributed by atoms with Gasteiger partial charge in [0.15, 0.2) is 11.7 Å². The summed E-state index contributed by atoms with van der Waals surface area (Å²) >= 11 is 0. The van der Waals surface area contributed by atoms with Gasteiger partial charge in [-0.1, -0.05) is 35.9 Å². The van der Waals surface area contributed by atoms with E-state index < -0.39 is 18.6 Å². The molecule has 2 aromatic carbocycles. The molecule has 6 nitrogen and oxygen atoms in total. The number of alkyl halides is 3. The summed E-state index contributed by atoms with van der Waals surface area (Å²) in [5.41, 5.74) is 3.05. The molecule has 1 heterocycles. The minimum Gasteiger partial charge on any atom is -0.441 e. The minimum atomic E-state index is -4.50. The molecule has 3 aromatic rings. The number of aromatic nitrogens is 1. The van der Waals surface area contributed by atoms with Crippen molar-refractivity contribution in [3.63, 3.8) is 0 Å². The van der Waals surface area contributed by atoms with Crippen molar-refractivity contribution < 1.29 is 27.2 Å². The predicted octanol–water partition coefficient (Wildman–Crippen LogP) is 4.82. The van der Waals surface area contributed by atoms with E-state index in [2.05, 4.69) is 10.3 Å². The Kier molecular flexibility index (Phi) is 6.97. The molecule has 0 spiro atoms. The van der Waals surface area contributed by atoms with E-state index in [1.807, 2.05) is 36.5 Å². The van der Waals surface area contributed by atoms with Gasteiger partial charge >= 0.3 is 6.18 Å². The molecule has 0 radical (unpaired) electrons. The highest BCUT2D eigenvalue weighted by atomic mass is 19.4. The van der Waals surface area contributed by atoms with E-state index in [1.54, 1.807) is 19.2 Å².